The minimum Gasteiger partial charge on any atom is -0.266 e. The Morgan fingerprint density at radius 1 is 1.09 bits per heavy atom. The summed E-state index contributed by atoms with van der Waals surface area (Å²) in [4.78, 5) is 4.45. The SMILES string of the molecule is FC(F)(F)c1ccn(Cc2csc(Cc3ccccc3)n2)n1. The number of hydrogen-bond donors (Lipinski definition) is 0. The third-order valence-electron chi connectivity index (χ3n) is 3.05. The number of halogens is 3. The first-order valence-corrected chi connectivity index (χ1v) is 7.46. The lowest BCUT2D eigenvalue weighted by atomic mass is 10.2. The molecule has 0 saturated heterocycles. The van der Waals surface area contributed by atoms with E-state index in [0.29, 0.717) is 5.69 Å². The van der Waals surface area contributed by atoms with Crippen LogP contribution in [0.15, 0.2) is 48.0 Å². The van der Waals surface area contributed by atoms with Crippen molar-refractivity contribution in [3.05, 3.63) is 69.9 Å². The molecule has 0 bridgehead atoms. The molecule has 0 aliphatic rings. The van der Waals surface area contributed by atoms with Crippen molar-refractivity contribution in [3.8, 4) is 0 Å². The molecule has 0 radical (unpaired) electrons. The highest BCUT2D eigenvalue weighted by molar-refractivity contribution is 7.09. The summed E-state index contributed by atoms with van der Waals surface area (Å²) >= 11 is 1.50. The Kier molecular flexibility index (Phi) is 3.98. The molecular formula is C15H12F3N3S. The number of rotatable bonds is 4. The number of thiazole rings is 1. The van der Waals surface area contributed by atoms with Crippen LogP contribution in [-0.2, 0) is 19.1 Å². The topological polar surface area (TPSA) is 30.7 Å². The van der Waals surface area contributed by atoms with Gasteiger partial charge in [-0.3, -0.25) is 4.68 Å². The Morgan fingerprint density at radius 3 is 2.55 bits per heavy atom. The van der Waals surface area contributed by atoms with Gasteiger partial charge in [0, 0.05) is 18.0 Å². The molecule has 0 saturated carbocycles. The average Bonchev–Trinajstić information content (AvgIpc) is 3.10. The largest absolute Gasteiger partial charge is 0.435 e. The second-order valence-corrected chi connectivity index (χ2v) is 5.73. The zero-order valence-electron chi connectivity index (χ0n) is 11.4. The summed E-state index contributed by atoms with van der Waals surface area (Å²) in [7, 11) is 0. The quantitative estimate of drug-likeness (QED) is 0.726. The Hall–Kier alpha value is -2.15. The van der Waals surface area contributed by atoms with Gasteiger partial charge >= 0.3 is 6.18 Å². The summed E-state index contributed by atoms with van der Waals surface area (Å²) in [6.45, 7) is 0.237. The van der Waals surface area contributed by atoms with E-state index in [4.69, 9.17) is 0 Å². The van der Waals surface area contributed by atoms with Crippen LogP contribution in [0, 0.1) is 0 Å². The maximum absolute atomic E-state index is 12.5. The van der Waals surface area contributed by atoms with Crippen molar-refractivity contribution in [2.45, 2.75) is 19.1 Å². The van der Waals surface area contributed by atoms with E-state index in [2.05, 4.69) is 10.1 Å². The van der Waals surface area contributed by atoms with E-state index in [1.807, 2.05) is 35.7 Å². The molecule has 0 amide bonds. The molecule has 22 heavy (non-hydrogen) atoms. The van der Waals surface area contributed by atoms with Gasteiger partial charge in [0.05, 0.1) is 17.2 Å². The molecule has 0 spiro atoms. The summed E-state index contributed by atoms with van der Waals surface area (Å²) in [5.74, 6) is 0. The fourth-order valence-electron chi connectivity index (χ4n) is 2.04. The second kappa shape index (κ2) is 5.92. The molecule has 0 fully saturated rings. The van der Waals surface area contributed by atoms with E-state index in [9.17, 15) is 13.2 Å². The lowest BCUT2D eigenvalue weighted by Crippen LogP contribution is -2.08. The number of nitrogens with zero attached hydrogens (tertiary/aromatic N) is 3. The van der Waals surface area contributed by atoms with Crippen LogP contribution in [0.2, 0.25) is 0 Å². The van der Waals surface area contributed by atoms with Crippen LogP contribution in [0.3, 0.4) is 0 Å². The van der Waals surface area contributed by atoms with Gasteiger partial charge in [-0.25, -0.2) is 4.98 Å². The van der Waals surface area contributed by atoms with Gasteiger partial charge in [-0.15, -0.1) is 11.3 Å². The van der Waals surface area contributed by atoms with Gasteiger partial charge in [0.25, 0.3) is 0 Å². The zero-order valence-corrected chi connectivity index (χ0v) is 12.2. The molecule has 3 aromatic rings. The fourth-order valence-corrected chi connectivity index (χ4v) is 2.86. The molecule has 2 aromatic heterocycles. The lowest BCUT2D eigenvalue weighted by Gasteiger charge is -2.01. The van der Waals surface area contributed by atoms with E-state index in [1.165, 1.54) is 22.2 Å². The number of alkyl halides is 3. The van der Waals surface area contributed by atoms with Crippen LogP contribution in [0.5, 0.6) is 0 Å². The van der Waals surface area contributed by atoms with Gasteiger partial charge in [-0.05, 0) is 11.6 Å². The van der Waals surface area contributed by atoms with Gasteiger partial charge in [-0.1, -0.05) is 30.3 Å². The summed E-state index contributed by atoms with van der Waals surface area (Å²) in [5.41, 5.74) is 0.988. The van der Waals surface area contributed by atoms with Crippen LogP contribution < -0.4 is 0 Å². The van der Waals surface area contributed by atoms with Crippen molar-refractivity contribution in [2.75, 3.05) is 0 Å². The number of hydrogen-bond acceptors (Lipinski definition) is 3. The second-order valence-electron chi connectivity index (χ2n) is 4.79. The molecule has 7 heteroatoms. The summed E-state index contributed by atoms with van der Waals surface area (Å²) < 4.78 is 38.7. The fraction of sp³-hybridized carbons (Fsp3) is 0.200. The summed E-state index contributed by atoms with van der Waals surface area (Å²) in [6, 6.07) is 10.9. The minimum absolute atomic E-state index is 0.237. The number of aromatic nitrogens is 3. The minimum atomic E-state index is -4.41. The van der Waals surface area contributed by atoms with Crippen LogP contribution in [0.1, 0.15) is 22.0 Å². The van der Waals surface area contributed by atoms with Gasteiger partial charge in [-0.2, -0.15) is 18.3 Å². The third kappa shape index (κ3) is 3.54. The van der Waals surface area contributed by atoms with E-state index >= 15 is 0 Å². The van der Waals surface area contributed by atoms with Crippen molar-refractivity contribution in [1.29, 1.82) is 0 Å². The molecule has 0 aliphatic heterocycles. The Labute approximate surface area is 129 Å². The highest BCUT2D eigenvalue weighted by Crippen LogP contribution is 2.27. The smallest absolute Gasteiger partial charge is 0.266 e. The Bertz CT molecular complexity index is 747. The molecule has 0 unspecified atom stereocenters. The van der Waals surface area contributed by atoms with Crippen molar-refractivity contribution >= 4 is 11.3 Å². The predicted octanol–water partition coefficient (Wildman–Crippen LogP) is 4.00. The predicted molar refractivity (Wildman–Crippen MR) is 77.7 cm³/mol. The van der Waals surface area contributed by atoms with Crippen molar-refractivity contribution in [3.63, 3.8) is 0 Å². The maximum Gasteiger partial charge on any atom is 0.435 e. The molecule has 3 nitrogen and oxygen atoms in total. The van der Waals surface area contributed by atoms with E-state index in [-0.39, 0.29) is 6.54 Å². The van der Waals surface area contributed by atoms with Crippen LogP contribution in [-0.4, -0.2) is 14.8 Å². The van der Waals surface area contributed by atoms with Crippen molar-refractivity contribution in [1.82, 2.24) is 14.8 Å². The van der Waals surface area contributed by atoms with Crippen molar-refractivity contribution < 1.29 is 13.2 Å². The van der Waals surface area contributed by atoms with Gasteiger partial charge < -0.3 is 0 Å². The summed E-state index contributed by atoms with van der Waals surface area (Å²) in [5, 5.41) is 6.32. The molecule has 0 aliphatic carbocycles. The third-order valence-corrected chi connectivity index (χ3v) is 3.95. The zero-order chi connectivity index (χ0) is 15.6. The van der Waals surface area contributed by atoms with Gasteiger partial charge in [0.2, 0.25) is 0 Å². The highest BCUT2D eigenvalue weighted by Gasteiger charge is 2.33. The molecule has 3 rings (SSSR count). The first kappa shape index (κ1) is 14.8. The van der Waals surface area contributed by atoms with E-state index in [1.54, 1.807) is 0 Å². The van der Waals surface area contributed by atoms with Gasteiger partial charge in [0.1, 0.15) is 0 Å². The van der Waals surface area contributed by atoms with Crippen LogP contribution in [0.25, 0.3) is 0 Å². The molecule has 0 N–H and O–H groups in total. The Morgan fingerprint density at radius 2 is 1.86 bits per heavy atom. The molecule has 2 heterocycles. The normalized spacial score (nSPS) is 11.8. The molecule has 1 aromatic carbocycles. The number of benzene rings is 1. The first-order chi connectivity index (χ1) is 10.5. The average molecular weight is 323 g/mol. The highest BCUT2D eigenvalue weighted by atomic mass is 32.1. The van der Waals surface area contributed by atoms with E-state index < -0.39 is 11.9 Å². The van der Waals surface area contributed by atoms with Crippen molar-refractivity contribution in [2.24, 2.45) is 0 Å². The van der Waals surface area contributed by atoms with Crippen LogP contribution >= 0.6 is 11.3 Å². The van der Waals surface area contributed by atoms with Gasteiger partial charge in [0.15, 0.2) is 5.69 Å². The molecule has 0 atom stereocenters. The molecule has 114 valence electrons. The Balaban J connectivity index is 1.68. The maximum atomic E-state index is 12.5. The first-order valence-electron chi connectivity index (χ1n) is 6.58. The van der Waals surface area contributed by atoms with Crippen LogP contribution in [0.4, 0.5) is 13.2 Å². The lowest BCUT2D eigenvalue weighted by molar-refractivity contribution is -0.141. The van der Waals surface area contributed by atoms with E-state index in [0.717, 1.165) is 23.1 Å². The molecular weight excluding hydrogens is 311 g/mol. The monoisotopic (exact) mass is 323 g/mol. The summed E-state index contributed by atoms with van der Waals surface area (Å²) in [6.07, 6.45) is -2.37. The standard InChI is InChI=1S/C15H12F3N3S/c16-15(17,18)13-6-7-21(20-13)9-12-10-22-14(19-12)8-11-4-2-1-3-5-11/h1-7,10H,8-9H2.